The first kappa shape index (κ1) is 25.7. The number of anilines is 1. The Hall–Kier alpha value is -2.97. The number of para-hydroxylation sites is 1. The van der Waals surface area contributed by atoms with Crippen LogP contribution in [0.2, 0.25) is 0 Å². The maximum absolute atomic E-state index is 14.4. The van der Waals surface area contributed by atoms with Crippen LogP contribution in [-0.4, -0.2) is 83.2 Å². The van der Waals surface area contributed by atoms with E-state index in [1.165, 1.54) is 0 Å². The van der Waals surface area contributed by atoms with Crippen molar-refractivity contribution in [2.45, 2.75) is 57.8 Å². The first-order valence-electron chi connectivity index (χ1n) is 13.5. The molecule has 37 heavy (non-hydrogen) atoms. The summed E-state index contributed by atoms with van der Waals surface area (Å²) in [7, 11) is 0. The van der Waals surface area contributed by atoms with E-state index in [9.17, 15) is 19.5 Å². The number of aliphatic hydroxyl groups excluding tert-OH is 1. The number of carbonyl (C=O) groups is 3. The lowest BCUT2D eigenvalue weighted by Crippen LogP contribution is -2.55. The highest BCUT2D eigenvalue weighted by molar-refractivity contribution is 6.06. The third-order valence-corrected chi connectivity index (χ3v) is 8.25. The maximum Gasteiger partial charge on any atom is 0.253 e. The van der Waals surface area contributed by atoms with Gasteiger partial charge in [0.1, 0.15) is 11.6 Å². The van der Waals surface area contributed by atoms with Crippen molar-refractivity contribution >= 4 is 23.4 Å². The lowest BCUT2D eigenvalue weighted by molar-refractivity contribution is -0.144. The third kappa shape index (κ3) is 4.01. The van der Waals surface area contributed by atoms with Gasteiger partial charge in [0.15, 0.2) is 0 Å². The second kappa shape index (κ2) is 10.1. The Morgan fingerprint density at radius 2 is 1.76 bits per heavy atom. The van der Waals surface area contributed by atoms with Gasteiger partial charge < -0.3 is 24.5 Å². The molecule has 0 radical (unpaired) electrons. The van der Waals surface area contributed by atoms with E-state index in [0.29, 0.717) is 39.0 Å². The Bertz CT molecular complexity index is 1130. The molecular formula is C29H37N3O5. The largest absolute Gasteiger partial charge is 0.396 e. The fraction of sp³-hybridized carbons (Fsp3) is 0.552. The van der Waals surface area contributed by atoms with Crippen LogP contribution in [0.4, 0.5) is 5.69 Å². The standard InChI is InChI=1S/C29H37N3O5/c1-4-14-30-15-8-12-21-22(26(30)34)23-27(35)32(16-5-6-18-33)25-28(36)31(17-9-13-29(23,25)37-21)24-19(2)10-7-11-20(24)3/h7-13,21-23,25,33H,4-6,14-18H2,1-3H3/t21-,22+,23-,25?,29-/m0/s1. The number of ether oxygens (including phenoxy) is 1. The summed E-state index contributed by atoms with van der Waals surface area (Å²) < 4.78 is 6.68. The molecule has 1 N–H and O–H groups in total. The lowest BCUT2D eigenvalue weighted by Gasteiger charge is -2.36. The van der Waals surface area contributed by atoms with Crippen LogP contribution in [0, 0.1) is 25.7 Å². The lowest BCUT2D eigenvalue weighted by atomic mass is 9.77. The highest BCUT2D eigenvalue weighted by Gasteiger charge is 2.71. The number of aryl methyl sites for hydroxylation is 2. The van der Waals surface area contributed by atoms with Crippen LogP contribution < -0.4 is 4.90 Å². The van der Waals surface area contributed by atoms with Gasteiger partial charge in [0.05, 0.1) is 17.9 Å². The van der Waals surface area contributed by atoms with Crippen LogP contribution in [0.25, 0.3) is 0 Å². The fourth-order valence-corrected chi connectivity index (χ4v) is 6.73. The van der Waals surface area contributed by atoms with Crippen molar-refractivity contribution < 1.29 is 24.2 Å². The van der Waals surface area contributed by atoms with Gasteiger partial charge in [-0.05, 0) is 44.2 Å². The minimum atomic E-state index is -1.22. The monoisotopic (exact) mass is 507 g/mol. The molecular weight excluding hydrogens is 470 g/mol. The first-order chi connectivity index (χ1) is 17.9. The molecule has 0 bridgehead atoms. The van der Waals surface area contributed by atoms with Gasteiger partial charge in [-0.15, -0.1) is 0 Å². The van der Waals surface area contributed by atoms with Crippen molar-refractivity contribution in [3.63, 3.8) is 0 Å². The summed E-state index contributed by atoms with van der Waals surface area (Å²) in [6.45, 7) is 7.80. The van der Waals surface area contributed by atoms with E-state index in [-0.39, 0.29) is 24.3 Å². The highest BCUT2D eigenvalue weighted by atomic mass is 16.5. The van der Waals surface area contributed by atoms with Crippen molar-refractivity contribution in [1.82, 2.24) is 9.80 Å². The molecule has 8 nitrogen and oxygen atoms in total. The second-order valence-corrected chi connectivity index (χ2v) is 10.6. The molecule has 0 aromatic heterocycles. The topological polar surface area (TPSA) is 90.4 Å². The predicted octanol–water partition coefficient (Wildman–Crippen LogP) is 2.37. The molecule has 4 heterocycles. The smallest absolute Gasteiger partial charge is 0.253 e. The van der Waals surface area contributed by atoms with Crippen molar-refractivity contribution in [3.8, 4) is 0 Å². The van der Waals surface area contributed by atoms with Crippen LogP contribution >= 0.6 is 0 Å². The number of benzene rings is 1. The molecule has 8 heteroatoms. The third-order valence-electron chi connectivity index (χ3n) is 8.25. The molecule has 2 fully saturated rings. The highest BCUT2D eigenvalue weighted by Crippen LogP contribution is 2.53. The van der Waals surface area contributed by atoms with Gasteiger partial charge in [-0.2, -0.15) is 0 Å². The van der Waals surface area contributed by atoms with Crippen molar-refractivity contribution in [2.24, 2.45) is 11.8 Å². The van der Waals surface area contributed by atoms with E-state index in [0.717, 1.165) is 23.2 Å². The number of nitrogens with zero attached hydrogens (tertiary/aromatic N) is 3. The molecule has 5 atom stereocenters. The summed E-state index contributed by atoms with van der Waals surface area (Å²) >= 11 is 0. The number of fused-ring (bicyclic) bond motifs is 2. The number of likely N-dealkylation sites (tertiary alicyclic amines) is 1. The number of hydrogen-bond acceptors (Lipinski definition) is 5. The van der Waals surface area contributed by atoms with Gasteiger partial charge >= 0.3 is 0 Å². The summed E-state index contributed by atoms with van der Waals surface area (Å²) in [4.78, 5) is 47.5. The summed E-state index contributed by atoms with van der Waals surface area (Å²) in [5.41, 5.74) is 1.59. The number of amides is 3. The number of unbranched alkanes of at least 4 members (excludes halogenated alkanes) is 1. The van der Waals surface area contributed by atoms with Gasteiger partial charge in [0.2, 0.25) is 11.8 Å². The molecule has 0 aliphatic carbocycles. The summed E-state index contributed by atoms with van der Waals surface area (Å²) in [6, 6.07) is 5.06. The molecule has 198 valence electrons. The van der Waals surface area contributed by atoms with Crippen molar-refractivity contribution in [1.29, 1.82) is 0 Å². The minimum absolute atomic E-state index is 0.0140. The number of hydrogen-bond donors (Lipinski definition) is 1. The summed E-state index contributed by atoms with van der Waals surface area (Å²) in [5, 5.41) is 9.38. The number of carbonyl (C=O) groups excluding carboxylic acids is 3. The maximum atomic E-state index is 14.4. The molecule has 2 saturated heterocycles. The van der Waals surface area contributed by atoms with Crippen LogP contribution in [0.15, 0.2) is 42.5 Å². The second-order valence-electron chi connectivity index (χ2n) is 10.6. The first-order valence-corrected chi connectivity index (χ1v) is 13.5. The molecule has 1 aromatic carbocycles. The Kier molecular flexibility index (Phi) is 6.98. The van der Waals surface area contributed by atoms with Crippen LogP contribution in [0.1, 0.15) is 37.3 Å². The minimum Gasteiger partial charge on any atom is -0.396 e. The Balaban J connectivity index is 1.60. The average molecular weight is 508 g/mol. The quantitative estimate of drug-likeness (QED) is 0.452. The molecule has 5 rings (SSSR count). The summed E-state index contributed by atoms with van der Waals surface area (Å²) in [5.74, 6) is -1.94. The molecule has 1 unspecified atom stereocenters. The van der Waals surface area contributed by atoms with Gasteiger partial charge in [-0.1, -0.05) is 49.4 Å². The van der Waals surface area contributed by atoms with Crippen LogP contribution in [-0.2, 0) is 19.1 Å². The zero-order valence-corrected chi connectivity index (χ0v) is 21.9. The number of rotatable bonds is 7. The Morgan fingerprint density at radius 3 is 2.46 bits per heavy atom. The molecule has 1 spiro atoms. The van der Waals surface area contributed by atoms with Gasteiger partial charge in [-0.25, -0.2) is 0 Å². The SMILES string of the molecule is CCCN1CC=C[C@@H]2O[C@]34C=CCN(c5c(C)cccc5C)C(=O)C3N(CCCCO)C(=O)[C@@H]4[C@@H]2C1=O. The molecule has 0 saturated carbocycles. The molecule has 3 amide bonds. The Labute approximate surface area is 218 Å². The van der Waals surface area contributed by atoms with Gasteiger partial charge in [-0.3, -0.25) is 14.4 Å². The van der Waals surface area contributed by atoms with E-state index in [1.54, 1.807) is 14.7 Å². The van der Waals surface area contributed by atoms with Crippen LogP contribution in [0.5, 0.6) is 0 Å². The molecule has 4 aliphatic rings. The van der Waals surface area contributed by atoms with E-state index in [1.807, 2.05) is 63.3 Å². The normalized spacial score (nSPS) is 30.9. The Morgan fingerprint density at radius 1 is 1.00 bits per heavy atom. The van der Waals surface area contributed by atoms with Gasteiger partial charge in [0.25, 0.3) is 5.91 Å². The van der Waals surface area contributed by atoms with Gasteiger partial charge in [0, 0.05) is 38.5 Å². The van der Waals surface area contributed by atoms with Crippen molar-refractivity contribution in [3.05, 3.63) is 53.6 Å². The number of aliphatic hydroxyl groups is 1. The van der Waals surface area contributed by atoms with E-state index in [2.05, 4.69) is 0 Å². The average Bonchev–Trinajstić information content (AvgIpc) is 3.18. The zero-order chi connectivity index (χ0) is 26.3. The van der Waals surface area contributed by atoms with Crippen molar-refractivity contribution in [2.75, 3.05) is 37.7 Å². The van der Waals surface area contributed by atoms with E-state index in [4.69, 9.17) is 4.74 Å². The van der Waals surface area contributed by atoms with Crippen LogP contribution in [0.3, 0.4) is 0 Å². The molecule has 4 aliphatic heterocycles. The fourth-order valence-electron chi connectivity index (χ4n) is 6.73. The van der Waals surface area contributed by atoms with E-state index < -0.39 is 29.6 Å². The zero-order valence-electron chi connectivity index (χ0n) is 21.9. The van der Waals surface area contributed by atoms with E-state index >= 15 is 0 Å². The predicted molar refractivity (Wildman–Crippen MR) is 140 cm³/mol. The molecule has 1 aromatic rings. The summed E-state index contributed by atoms with van der Waals surface area (Å²) in [6.07, 6.45) is 9.00.